The highest BCUT2D eigenvalue weighted by atomic mass is 16.6. The zero-order valence-electron chi connectivity index (χ0n) is 15.3. The first-order chi connectivity index (χ1) is 10.7. The van der Waals surface area contributed by atoms with E-state index in [1.54, 1.807) is 6.92 Å². The molecule has 0 fully saturated rings. The molecule has 0 unspecified atom stereocenters. The van der Waals surface area contributed by atoms with Gasteiger partial charge in [0.1, 0.15) is 11.6 Å². The summed E-state index contributed by atoms with van der Waals surface area (Å²) in [6, 6.07) is -0.367. The molecule has 1 amide bonds. The minimum absolute atomic E-state index is 0.249. The van der Waals surface area contributed by atoms with E-state index in [9.17, 15) is 9.59 Å². The van der Waals surface area contributed by atoms with Gasteiger partial charge in [-0.15, -0.1) is 0 Å². The minimum Gasteiger partial charge on any atom is -0.465 e. The van der Waals surface area contributed by atoms with E-state index in [0.29, 0.717) is 38.5 Å². The lowest BCUT2D eigenvalue weighted by Gasteiger charge is -2.20. The number of alkyl carbamates (subject to hydrolysis) is 1. The van der Waals surface area contributed by atoms with E-state index in [0.717, 1.165) is 0 Å². The van der Waals surface area contributed by atoms with Crippen LogP contribution in [0.3, 0.4) is 0 Å². The van der Waals surface area contributed by atoms with Crippen LogP contribution < -0.4 is 16.2 Å². The molecule has 0 aliphatic heterocycles. The average molecular weight is 331 g/mol. The van der Waals surface area contributed by atoms with Crippen LogP contribution in [0.25, 0.3) is 0 Å². The molecule has 3 N–H and O–H groups in total. The van der Waals surface area contributed by atoms with Gasteiger partial charge in [0.2, 0.25) is 0 Å². The Labute approximate surface area is 139 Å². The zero-order chi connectivity index (χ0) is 17.9. The van der Waals surface area contributed by atoms with E-state index in [1.807, 2.05) is 20.8 Å². The molecule has 1 atom stereocenters. The second kappa shape index (κ2) is 11.2. The van der Waals surface area contributed by atoms with Crippen LogP contribution in [0.5, 0.6) is 0 Å². The average Bonchev–Trinajstić information content (AvgIpc) is 2.39. The second-order valence-corrected chi connectivity index (χ2v) is 6.79. The van der Waals surface area contributed by atoms with Crippen molar-refractivity contribution in [1.82, 2.24) is 16.2 Å². The quantitative estimate of drug-likeness (QED) is 0.322. The zero-order valence-corrected chi connectivity index (χ0v) is 15.3. The number of hydrogen-bond acceptors (Lipinski definition) is 6. The van der Waals surface area contributed by atoms with Gasteiger partial charge in [-0.3, -0.25) is 10.2 Å². The molecule has 0 bridgehead atoms. The summed E-state index contributed by atoms with van der Waals surface area (Å²) in [4.78, 5) is 23.3. The Bertz CT molecular complexity index is 354. The number of carbonyl (C=O) groups is 2. The van der Waals surface area contributed by atoms with Crippen LogP contribution in [0.15, 0.2) is 0 Å². The van der Waals surface area contributed by atoms with Crippen LogP contribution in [0.4, 0.5) is 4.79 Å². The van der Waals surface area contributed by atoms with Gasteiger partial charge in [-0.05, 0) is 46.5 Å². The third kappa shape index (κ3) is 12.9. The van der Waals surface area contributed by atoms with Crippen molar-refractivity contribution in [2.24, 2.45) is 5.92 Å². The Morgan fingerprint density at radius 3 is 2.30 bits per heavy atom. The molecule has 136 valence electrons. The molecular formula is C16H33N3O4. The van der Waals surface area contributed by atoms with Gasteiger partial charge in [-0.1, -0.05) is 13.8 Å². The summed E-state index contributed by atoms with van der Waals surface area (Å²) in [6.07, 6.45) is 0.987. The molecule has 0 aliphatic carbocycles. The molecule has 0 aromatic carbocycles. The summed E-state index contributed by atoms with van der Waals surface area (Å²) in [7, 11) is 0. The fourth-order valence-electron chi connectivity index (χ4n) is 1.81. The van der Waals surface area contributed by atoms with E-state index in [-0.39, 0.29) is 12.0 Å². The van der Waals surface area contributed by atoms with Gasteiger partial charge in [0, 0.05) is 13.1 Å². The highest BCUT2D eigenvalue weighted by Crippen LogP contribution is 2.06. The molecule has 0 heterocycles. The van der Waals surface area contributed by atoms with Crippen molar-refractivity contribution in [1.29, 1.82) is 0 Å². The van der Waals surface area contributed by atoms with Crippen molar-refractivity contribution in [3.05, 3.63) is 0 Å². The first-order valence-electron chi connectivity index (χ1n) is 8.27. The summed E-state index contributed by atoms with van der Waals surface area (Å²) in [6.45, 7) is 12.8. The lowest BCUT2D eigenvalue weighted by Crippen LogP contribution is -2.47. The standard InChI is InChI=1S/C16H33N3O4/c1-7-22-14(20)13(11-12(2)3)19-18-10-8-9-17-15(21)23-16(4,5)6/h12-13,18-19H,7-11H2,1-6H3,(H,17,21)/t13-/m0/s1. The molecular weight excluding hydrogens is 298 g/mol. The van der Waals surface area contributed by atoms with Gasteiger partial charge in [0.05, 0.1) is 6.61 Å². The lowest BCUT2D eigenvalue weighted by molar-refractivity contribution is -0.146. The number of amides is 1. The Morgan fingerprint density at radius 2 is 1.78 bits per heavy atom. The van der Waals surface area contributed by atoms with Gasteiger partial charge < -0.3 is 14.8 Å². The van der Waals surface area contributed by atoms with Crippen molar-refractivity contribution >= 4 is 12.1 Å². The van der Waals surface area contributed by atoms with Crippen LogP contribution in [0.2, 0.25) is 0 Å². The molecule has 0 aromatic heterocycles. The van der Waals surface area contributed by atoms with Crippen molar-refractivity contribution in [3.63, 3.8) is 0 Å². The molecule has 0 spiro atoms. The maximum atomic E-state index is 11.8. The lowest BCUT2D eigenvalue weighted by atomic mass is 10.0. The van der Waals surface area contributed by atoms with Crippen LogP contribution in [0, 0.1) is 5.92 Å². The number of carbonyl (C=O) groups excluding carboxylic acids is 2. The Morgan fingerprint density at radius 1 is 1.13 bits per heavy atom. The van der Waals surface area contributed by atoms with Crippen molar-refractivity contribution < 1.29 is 19.1 Å². The SMILES string of the molecule is CCOC(=O)[C@H](CC(C)C)NNCCCNC(=O)OC(C)(C)C. The number of hydrazine groups is 1. The number of hydrogen-bond donors (Lipinski definition) is 3. The number of ether oxygens (including phenoxy) is 2. The predicted octanol–water partition coefficient (Wildman–Crippen LogP) is 1.97. The Hall–Kier alpha value is -1.34. The fourth-order valence-corrected chi connectivity index (χ4v) is 1.81. The van der Waals surface area contributed by atoms with Gasteiger partial charge in [0.25, 0.3) is 0 Å². The van der Waals surface area contributed by atoms with Crippen LogP contribution in [-0.2, 0) is 14.3 Å². The smallest absolute Gasteiger partial charge is 0.407 e. The highest BCUT2D eigenvalue weighted by Gasteiger charge is 2.20. The molecule has 0 saturated heterocycles. The summed E-state index contributed by atoms with van der Waals surface area (Å²) < 4.78 is 10.2. The van der Waals surface area contributed by atoms with Crippen molar-refractivity contribution in [3.8, 4) is 0 Å². The third-order valence-corrected chi connectivity index (χ3v) is 2.70. The first kappa shape index (κ1) is 21.7. The summed E-state index contributed by atoms with van der Waals surface area (Å²) >= 11 is 0. The monoisotopic (exact) mass is 331 g/mol. The molecule has 23 heavy (non-hydrogen) atoms. The summed E-state index contributed by atoms with van der Waals surface area (Å²) in [5.41, 5.74) is 5.51. The Balaban J connectivity index is 3.89. The van der Waals surface area contributed by atoms with Gasteiger partial charge >= 0.3 is 12.1 Å². The maximum Gasteiger partial charge on any atom is 0.407 e. The minimum atomic E-state index is -0.492. The summed E-state index contributed by atoms with van der Waals surface area (Å²) in [5, 5.41) is 2.68. The molecule has 0 aliphatic rings. The van der Waals surface area contributed by atoms with Crippen LogP contribution in [-0.4, -0.2) is 43.4 Å². The molecule has 7 heteroatoms. The molecule has 0 rings (SSSR count). The number of nitrogens with one attached hydrogen (secondary N) is 3. The Kier molecular flexibility index (Phi) is 10.6. The van der Waals surface area contributed by atoms with Gasteiger partial charge in [0.15, 0.2) is 0 Å². The topological polar surface area (TPSA) is 88.7 Å². The van der Waals surface area contributed by atoms with Crippen LogP contribution in [0.1, 0.15) is 54.4 Å². The number of rotatable bonds is 10. The first-order valence-corrected chi connectivity index (χ1v) is 8.27. The number of esters is 1. The van der Waals surface area contributed by atoms with Gasteiger partial charge in [-0.2, -0.15) is 0 Å². The van der Waals surface area contributed by atoms with Crippen LogP contribution >= 0.6 is 0 Å². The molecule has 7 nitrogen and oxygen atoms in total. The molecule has 0 aromatic rings. The third-order valence-electron chi connectivity index (χ3n) is 2.70. The summed E-state index contributed by atoms with van der Waals surface area (Å²) in [5.74, 6) is 0.133. The highest BCUT2D eigenvalue weighted by molar-refractivity contribution is 5.75. The van der Waals surface area contributed by atoms with E-state index in [1.165, 1.54) is 0 Å². The van der Waals surface area contributed by atoms with E-state index in [2.05, 4.69) is 30.0 Å². The fraction of sp³-hybridized carbons (Fsp3) is 0.875. The molecule has 0 radical (unpaired) electrons. The molecule has 0 saturated carbocycles. The van der Waals surface area contributed by atoms with E-state index in [4.69, 9.17) is 9.47 Å². The van der Waals surface area contributed by atoms with Crippen molar-refractivity contribution in [2.45, 2.75) is 66.0 Å². The maximum absolute atomic E-state index is 11.8. The van der Waals surface area contributed by atoms with Crippen molar-refractivity contribution in [2.75, 3.05) is 19.7 Å². The second-order valence-electron chi connectivity index (χ2n) is 6.79. The van der Waals surface area contributed by atoms with E-state index >= 15 is 0 Å². The van der Waals surface area contributed by atoms with Gasteiger partial charge in [-0.25, -0.2) is 10.2 Å². The largest absolute Gasteiger partial charge is 0.465 e. The normalized spacial score (nSPS) is 12.8. The predicted molar refractivity (Wildman–Crippen MR) is 89.9 cm³/mol. The van der Waals surface area contributed by atoms with E-state index < -0.39 is 11.7 Å².